The standard InChI is InChI=1S/C15H14N2O4S/c18-14(13-2-1-8-20-13)16-10-3-5-11(6-4-10)22-17-12-7-9-21-15(12)19/h1-6,8,12,17H,7,9H2,(H,16,18). The van der Waals surface area contributed by atoms with Crippen molar-refractivity contribution < 1.29 is 18.7 Å². The van der Waals surface area contributed by atoms with Crippen molar-refractivity contribution in [2.45, 2.75) is 17.4 Å². The molecule has 0 saturated carbocycles. The topological polar surface area (TPSA) is 80.6 Å². The summed E-state index contributed by atoms with van der Waals surface area (Å²) in [6.07, 6.45) is 2.14. The van der Waals surface area contributed by atoms with Crippen LogP contribution in [0, 0.1) is 0 Å². The van der Waals surface area contributed by atoms with Crippen molar-refractivity contribution in [3.8, 4) is 0 Å². The van der Waals surface area contributed by atoms with Crippen molar-refractivity contribution in [3.63, 3.8) is 0 Å². The maximum atomic E-state index is 11.8. The van der Waals surface area contributed by atoms with Crippen LogP contribution in [0.3, 0.4) is 0 Å². The molecule has 1 amide bonds. The normalized spacial score (nSPS) is 17.3. The lowest BCUT2D eigenvalue weighted by Crippen LogP contribution is -2.27. The first kappa shape index (κ1) is 14.7. The van der Waals surface area contributed by atoms with Gasteiger partial charge in [0, 0.05) is 17.0 Å². The Morgan fingerprint density at radius 3 is 2.68 bits per heavy atom. The SMILES string of the molecule is O=C(Nc1ccc(SNC2CCOC2=O)cc1)c1ccco1. The third-order valence-electron chi connectivity index (χ3n) is 3.11. The lowest BCUT2D eigenvalue weighted by atomic mass is 10.3. The molecule has 1 aliphatic heterocycles. The summed E-state index contributed by atoms with van der Waals surface area (Å²) in [7, 11) is 0. The first-order chi connectivity index (χ1) is 10.7. The molecule has 3 rings (SSSR count). The van der Waals surface area contributed by atoms with E-state index in [-0.39, 0.29) is 23.7 Å². The molecule has 1 saturated heterocycles. The average molecular weight is 318 g/mol. The van der Waals surface area contributed by atoms with E-state index in [1.807, 2.05) is 12.1 Å². The van der Waals surface area contributed by atoms with Gasteiger partial charge in [-0.1, -0.05) is 0 Å². The molecule has 1 unspecified atom stereocenters. The maximum absolute atomic E-state index is 11.8. The number of hydrogen-bond acceptors (Lipinski definition) is 6. The first-order valence-corrected chi connectivity index (χ1v) is 7.58. The van der Waals surface area contributed by atoms with Crippen LogP contribution in [0.5, 0.6) is 0 Å². The van der Waals surface area contributed by atoms with Crippen LogP contribution in [0.1, 0.15) is 17.0 Å². The highest BCUT2D eigenvalue weighted by molar-refractivity contribution is 7.97. The summed E-state index contributed by atoms with van der Waals surface area (Å²) in [6.45, 7) is 0.467. The quantitative estimate of drug-likeness (QED) is 0.651. The molecule has 0 aliphatic carbocycles. The number of nitrogens with one attached hydrogen (secondary N) is 2. The van der Waals surface area contributed by atoms with Gasteiger partial charge < -0.3 is 14.5 Å². The average Bonchev–Trinajstić information content (AvgIpc) is 3.18. The van der Waals surface area contributed by atoms with Gasteiger partial charge in [0.1, 0.15) is 6.04 Å². The van der Waals surface area contributed by atoms with Gasteiger partial charge in [0.15, 0.2) is 5.76 Å². The molecule has 1 atom stereocenters. The fourth-order valence-corrected chi connectivity index (χ4v) is 2.71. The van der Waals surface area contributed by atoms with Crippen molar-refractivity contribution in [1.29, 1.82) is 0 Å². The van der Waals surface area contributed by atoms with E-state index in [1.54, 1.807) is 24.3 Å². The highest BCUT2D eigenvalue weighted by Crippen LogP contribution is 2.20. The van der Waals surface area contributed by atoms with Gasteiger partial charge in [-0.05, 0) is 48.3 Å². The number of benzene rings is 1. The highest BCUT2D eigenvalue weighted by atomic mass is 32.2. The van der Waals surface area contributed by atoms with Crippen LogP contribution in [-0.2, 0) is 9.53 Å². The zero-order valence-electron chi connectivity index (χ0n) is 11.6. The molecule has 2 N–H and O–H groups in total. The molecule has 114 valence electrons. The van der Waals surface area contributed by atoms with E-state index >= 15 is 0 Å². The van der Waals surface area contributed by atoms with Crippen molar-refractivity contribution in [1.82, 2.24) is 4.72 Å². The molecule has 0 bridgehead atoms. The zero-order chi connectivity index (χ0) is 15.4. The number of furan rings is 1. The molecule has 0 spiro atoms. The summed E-state index contributed by atoms with van der Waals surface area (Å²) in [4.78, 5) is 24.1. The molecule has 1 aliphatic rings. The second-order valence-corrected chi connectivity index (χ2v) is 5.60. The molecule has 2 heterocycles. The molecule has 1 aromatic heterocycles. The highest BCUT2D eigenvalue weighted by Gasteiger charge is 2.26. The van der Waals surface area contributed by atoms with Crippen LogP contribution in [0.15, 0.2) is 52.0 Å². The molecule has 7 heteroatoms. The second-order valence-electron chi connectivity index (χ2n) is 4.68. The van der Waals surface area contributed by atoms with Gasteiger partial charge in [-0.15, -0.1) is 0 Å². The van der Waals surface area contributed by atoms with Gasteiger partial charge in [-0.2, -0.15) is 0 Å². The van der Waals surface area contributed by atoms with Gasteiger partial charge in [0.25, 0.3) is 5.91 Å². The van der Waals surface area contributed by atoms with Gasteiger partial charge in [-0.3, -0.25) is 9.59 Å². The monoisotopic (exact) mass is 318 g/mol. The van der Waals surface area contributed by atoms with E-state index in [4.69, 9.17) is 9.15 Å². The zero-order valence-corrected chi connectivity index (χ0v) is 12.4. The van der Waals surface area contributed by atoms with Crippen LogP contribution in [0.2, 0.25) is 0 Å². The number of cyclic esters (lactones) is 1. The van der Waals surface area contributed by atoms with E-state index in [0.29, 0.717) is 18.7 Å². The predicted octanol–water partition coefficient (Wildman–Crippen LogP) is 2.44. The van der Waals surface area contributed by atoms with Crippen LogP contribution >= 0.6 is 11.9 Å². The summed E-state index contributed by atoms with van der Waals surface area (Å²) < 4.78 is 13.0. The molecule has 22 heavy (non-hydrogen) atoms. The first-order valence-electron chi connectivity index (χ1n) is 6.76. The minimum absolute atomic E-state index is 0.213. The number of amides is 1. The molecular weight excluding hydrogens is 304 g/mol. The van der Waals surface area contributed by atoms with Crippen molar-refractivity contribution in [3.05, 3.63) is 48.4 Å². The lowest BCUT2D eigenvalue weighted by molar-refractivity contribution is -0.139. The van der Waals surface area contributed by atoms with E-state index < -0.39 is 0 Å². The number of ether oxygens (including phenoxy) is 1. The largest absolute Gasteiger partial charge is 0.464 e. The summed E-state index contributed by atoms with van der Waals surface area (Å²) in [5, 5.41) is 2.74. The van der Waals surface area contributed by atoms with Crippen LogP contribution in [-0.4, -0.2) is 24.5 Å². The molecule has 2 aromatic rings. The Kier molecular flexibility index (Phi) is 4.45. The Labute approximate surface area is 131 Å². The summed E-state index contributed by atoms with van der Waals surface area (Å²) in [5.74, 6) is -0.244. The second kappa shape index (κ2) is 6.67. The molecule has 1 aromatic carbocycles. The van der Waals surface area contributed by atoms with Crippen LogP contribution in [0.4, 0.5) is 5.69 Å². The van der Waals surface area contributed by atoms with Crippen molar-refractivity contribution in [2.75, 3.05) is 11.9 Å². The predicted molar refractivity (Wildman–Crippen MR) is 81.5 cm³/mol. The van der Waals surface area contributed by atoms with E-state index in [0.717, 1.165) is 4.90 Å². The third kappa shape index (κ3) is 3.49. The van der Waals surface area contributed by atoms with E-state index in [1.165, 1.54) is 18.2 Å². The van der Waals surface area contributed by atoms with Gasteiger partial charge >= 0.3 is 5.97 Å². The smallest absolute Gasteiger partial charge is 0.324 e. The number of anilines is 1. The van der Waals surface area contributed by atoms with Crippen LogP contribution < -0.4 is 10.0 Å². The Morgan fingerprint density at radius 1 is 1.23 bits per heavy atom. The maximum Gasteiger partial charge on any atom is 0.324 e. The van der Waals surface area contributed by atoms with Gasteiger partial charge in [-0.25, -0.2) is 4.72 Å². The number of hydrogen-bond donors (Lipinski definition) is 2. The van der Waals surface area contributed by atoms with Crippen LogP contribution in [0.25, 0.3) is 0 Å². The van der Waals surface area contributed by atoms with E-state index in [9.17, 15) is 9.59 Å². The fourth-order valence-electron chi connectivity index (χ4n) is 1.95. The third-order valence-corrected chi connectivity index (χ3v) is 4.02. The number of carbonyl (C=O) groups excluding carboxylic acids is 2. The molecule has 1 fully saturated rings. The van der Waals surface area contributed by atoms with Gasteiger partial charge in [0.05, 0.1) is 12.9 Å². The summed E-state index contributed by atoms with van der Waals surface area (Å²) in [6, 6.07) is 10.3. The number of esters is 1. The number of carbonyl (C=O) groups is 2. The Bertz CT molecular complexity index is 655. The Balaban J connectivity index is 1.54. The Hall–Kier alpha value is -2.25. The van der Waals surface area contributed by atoms with E-state index in [2.05, 4.69) is 10.0 Å². The Morgan fingerprint density at radius 2 is 2.05 bits per heavy atom. The van der Waals surface area contributed by atoms with Gasteiger partial charge in [0.2, 0.25) is 0 Å². The minimum Gasteiger partial charge on any atom is -0.464 e. The molecule has 6 nitrogen and oxygen atoms in total. The lowest BCUT2D eigenvalue weighted by Gasteiger charge is -2.08. The summed E-state index contributed by atoms with van der Waals surface area (Å²) >= 11 is 1.36. The molecular formula is C15H14N2O4S. The molecule has 0 radical (unpaired) electrons. The summed E-state index contributed by atoms with van der Waals surface area (Å²) in [5.41, 5.74) is 0.672. The minimum atomic E-state index is -0.294. The number of rotatable bonds is 5. The fraction of sp³-hybridized carbons (Fsp3) is 0.200. The van der Waals surface area contributed by atoms with Crippen molar-refractivity contribution >= 4 is 29.5 Å². The van der Waals surface area contributed by atoms with Crippen molar-refractivity contribution in [2.24, 2.45) is 0 Å².